The first-order chi connectivity index (χ1) is 15.8. The van der Waals surface area contributed by atoms with Crippen molar-refractivity contribution in [1.82, 2.24) is 10.6 Å². The average molecular weight is 486 g/mol. The fourth-order valence-electron chi connectivity index (χ4n) is 3.12. The molecule has 0 bridgehead atoms. The van der Waals surface area contributed by atoms with Crippen LogP contribution in [0.25, 0.3) is 0 Å². The van der Waals surface area contributed by atoms with Crippen molar-refractivity contribution in [1.29, 1.82) is 0 Å². The van der Waals surface area contributed by atoms with E-state index in [1.165, 1.54) is 28.6 Å². The molecule has 0 saturated carbocycles. The molecule has 3 aromatic carbocycles. The zero-order valence-electron chi connectivity index (χ0n) is 18.0. The van der Waals surface area contributed by atoms with E-state index in [9.17, 15) is 18.0 Å². The lowest BCUT2D eigenvalue weighted by Crippen LogP contribution is -2.36. The standard InChI is InChI=1S/C24H24ClN3O4S/c1-2-26-23(29)16-27-24(30)19-9-6-10-22(15-19)33(31,32)28(17-18-7-4-3-5-8-18)21-13-11-20(25)12-14-21/h3-15H,2,16-17H2,1H3,(H,26,29)(H,27,30). The number of carbonyl (C=O) groups excluding carboxylic acids is 2. The summed E-state index contributed by atoms with van der Waals surface area (Å²) in [4.78, 5) is 24.1. The van der Waals surface area contributed by atoms with Crippen LogP contribution < -0.4 is 14.9 Å². The molecule has 172 valence electrons. The monoisotopic (exact) mass is 485 g/mol. The highest BCUT2D eigenvalue weighted by Crippen LogP contribution is 2.27. The molecule has 0 aliphatic carbocycles. The Hall–Kier alpha value is -3.36. The molecule has 0 radical (unpaired) electrons. The zero-order chi connectivity index (χ0) is 23.8. The normalized spacial score (nSPS) is 11.0. The predicted molar refractivity (Wildman–Crippen MR) is 129 cm³/mol. The minimum Gasteiger partial charge on any atom is -0.355 e. The molecule has 0 aromatic heterocycles. The van der Waals surface area contributed by atoms with Gasteiger partial charge in [-0.2, -0.15) is 0 Å². The maximum Gasteiger partial charge on any atom is 0.264 e. The summed E-state index contributed by atoms with van der Waals surface area (Å²) in [5.74, 6) is -0.870. The molecule has 0 atom stereocenters. The molecular weight excluding hydrogens is 462 g/mol. The fraction of sp³-hybridized carbons (Fsp3) is 0.167. The second kappa shape index (κ2) is 11.0. The molecule has 0 aliphatic rings. The second-order valence-electron chi connectivity index (χ2n) is 7.14. The third-order valence-electron chi connectivity index (χ3n) is 4.75. The molecule has 0 unspecified atom stereocenters. The van der Waals surface area contributed by atoms with Crippen molar-refractivity contribution in [3.63, 3.8) is 0 Å². The van der Waals surface area contributed by atoms with E-state index in [0.717, 1.165) is 5.56 Å². The van der Waals surface area contributed by atoms with E-state index in [-0.39, 0.29) is 29.5 Å². The van der Waals surface area contributed by atoms with E-state index in [1.54, 1.807) is 31.2 Å². The number of rotatable bonds is 9. The fourth-order valence-corrected chi connectivity index (χ4v) is 4.74. The van der Waals surface area contributed by atoms with Crippen LogP contribution in [0.3, 0.4) is 0 Å². The number of hydrogen-bond donors (Lipinski definition) is 2. The number of hydrogen-bond acceptors (Lipinski definition) is 4. The zero-order valence-corrected chi connectivity index (χ0v) is 19.6. The third-order valence-corrected chi connectivity index (χ3v) is 6.77. The molecule has 0 heterocycles. The van der Waals surface area contributed by atoms with Gasteiger partial charge in [-0.15, -0.1) is 0 Å². The average Bonchev–Trinajstić information content (AvgIpc) is 2.82. The van der Waals surface area contributed by atoms with Gasteiger partial charge in [0.25, 0.3) is 15.9 Å². The topological polar surface area (TPSA) is 95.6 Å². The Morgan fingerprint density at radius 3 is 2.27 bits per heavy atom. The number of nitrogens with one attached hydrogen (secondary N) is 2. The number of halogens is 1. The Labute approximate surface area is 198 Å². The van der Waals surface area contributed by atoms with E-state index in [4.69, 9.17) is 11.6 Å². The Morgan fingerprint density at radius 1 is 0.909 bits per heavy atom. The van der Waals surface area contributed by atoms with Gasteiger partial charge in [-0.1, -0.05) is 48.0 Å². The number of likely N-dealkylation sites (N-methyl/N-ethyl adjacent to an activating group) is 1. The number of benzene rings is 3. The summed E-state index contributed by atoms with van der Waals surface area (Å²) in [6, 6.07) is 21.4. The van der Waals surface area contributed by atoms with Crippen molar-refractivity contribution < 1.29 is 18.0 Å². The van der Waals surface area contributed by atoms with Crippen molar-refractivity contribution >= 4 is 39.1 Å². The minimum absolute atomic E-state index is 0.0426. The van der Waals surface area contributed by atoms with Gasteiger partial charge in [0.2, 0.25) is 5.91 Å². The van der Waals surface area contributed by atoms with E-state index in [1.807, 2.05) is 30.3 Å². The molecule has 3 rings (SSSR count). The van der Waals surface area contributed by atoms with E-state index < -0.39 is 15.9 Å². The van der Waals surface area contributed by atoms with Gasteiger partial charge in [-0.3, -0.25) is 13.9 Å². The van der Waals surface area contributed by atoms with Crippen molar-refractivity contribution in [2.75, 3.05) is 17.4 Å². The van der Waals surface area contributed by atoms with Crippen LogP contribution in [0.4, 0.5) is 5.69 Å². The van der Waals surface area contributed by atoms with E-state index in [0.29, 0.717) is 17.3 Å². The summed E-state index contributed by atoms with van der Waals surface area (Å²) in [7, 11) is -4.03. The number of carbonyl (C=O) groups is 2. The molecule has 9 heteroatoms. The maximum atomic E-state index is 13.6. The van der Waals surface area contributed by atoms with Crippen LogP contribution in [0.5, 0.6) is 0 Å². The third kappa shape index (κ3) is 6.34. The van der Waals surface area contributed by atoms with Crippen LogP contribution in [0.1, 0.15) is 22.8 Å². The summed E-state index contributed by atoms with van der Waals surface area (Å²) in [6.45, 7) is 2.12. The van der Waals surface area contributed by atoms with Crippen LogP contribution >= 0.6 is 11.6 Å². The van der Waals surface area contributed by atoms with Gasteiger partial charge in [-0.25, -0.2) is 8.42 Å². The predicted octanol–water partition coefficient (Wildman–Crippen LogP) is 3.60. The maximum absolute atomic E-state index is 13.6. The Morgan fingerprint density at radius 2 is 1.61 bits per heavy atom. The van der Waals surface area contributed by atoms with Gasteiger partial charge < -0.3 is 10.6 Å². The van der Waals surface area contributed by atoms with Crippen molar-refractivity contribution in [2.24, 2.45) is 0 Å². The van der Waals surface area contributed by atoms with E-state index >= 15 is 0 Å². The quantitative estimate of drug-likeness (QED) is 0.484. The molecular formula is C24H24ClN3O4S. The van der Waals surface area contributed by atoms with Gasteiger partial charge in [0.1, 0.15) is 0 Å². The lowest BCUT2D eigenvalue weighted by molar-refractivity contribution is -0.120. The summed E-state index contributed by atoms with van der Waals surface area (Å²) in [6.07, 6.45) is 0. The molecule has 33 heavy (non-hydrogen) atoms. The number of anilines is 1. The highest BCUT2D eigenvalue weighted by atomic mass is 35.5. The van der Waals surface area contributed by atoms with Crippen LogP contribution in [-0.4, -0.2) is 33.3 Å². The highest BCUT2D eigenvalue weighted by Gasteiger charge is 2.26. The van der Waals surface area contributed by atoms with Gasteiger partial charge >= 0.3 is 0 Å². The Kier molecular flexibility index (Phi) is 8.08. The molecule has 0 fully saturated rings. The largest absolute Gasteiger partial charge is 0.355 e. The van der Waals surface area contributed by atoms with Crippen molar-refractivity contribution in [3.8, 4) is 0 Å². The summed E-state index contributed by atoms with van der Waals surface area (Å²) in [5, 5.41) is 5.57. The van der Waals surface area contributed by atoms with Crippen LogP contribution in [0.15, 0.2) is 83.8 Å². The van der Waals surface area contributed by atoms with Gasteiger partial charge in [0.15, 0.2) is 0 Å². The van der Waals surface area contributed by atoms with Crippen molar-refractivity contribution in [3.05, 3.63) is 95.0 Å². The molecule has 0 saturated heterocycles. The van der Waals surface area contributed by atoms with Crippen LogP contribution in [0.2, 0.25) is 5.02 Å². The summed E-state index contributed by atoms with van der Waals surface area (Å²) >= 11 is 5.99. The van der Waals surface area contributed by atoms with Crippen molar-refractivity contribution in [2.45, 2.75) is 18.4 Å². The van der Waals surface area contributed by atoms with Crippen LogP contribution in [0, 0.1) is 0 Å². The summed E-state index contributed by atoms with van der Waals surface area (Å²) in [5.41, 5.74) is 1.37. The van der Waals surface area contributed by atoms with Gasteiger partial charge in [0.05, 0.1) is 23.7 Å². The SMILES string of the molecule is CCNC(=O)CNC(=O)c1cccc(S(=O)(=O)N(Cc2ccccc2)c2ccc(Cl)cc2)c1. The molecule has 7 nitrogen and oxygen atoms in total. The number of sulfonamides is 1. The minimum atomic E-state index is -4.03. The molecule has 0 aliphatic heterocycles. The first kappa shape index (κ1) is 24.3. The van der Waals surface area contributed by atoms with Gasteiger partial charge in [-0.05, 0) is 55.0 Å². The van der Waals surface area contributed by atoms with Gasteiger partial charge in [0, 0.05) is 17.1 Å². The van der Waals surface area contributed by atoms with Crippen LogP contribution in [-0.2, 0) is 21.4 Å². The Bertz CT molecular complexity index is 1220. The van der Waals surface area contributed by atoms with E-state index in [2.05, 4.69) is 10.6 Å². The lowest BCUT2D eigenvalue weighted by atomic mass is 10.2. The molecule has 2 N–H and O–H groups in total. The first-order valence-electron chi connectivity index (χ1n) is 10.3. The smallest absolute Gasteiger partial charge is 0.264 e. The molecule has 2 amide bonds. The summed E-state index contributed by atoms with van der Waals surface area (Å²) < 4.78 is 28.6. The second-order valence-corrected chi connectivity index (χ2v) is 9.44. The highest BCUT2D eigenvalue weighted by molar-refractivity contribution is 7.92. The lowest BCUT2D eigenvalue weighted by Gasteiger charge is -2.25. The molecule has 3 aromatic rings. The first-order valence-corrected chi connectivity index (χ1v) is 12.1. The number of amides is 2. The Balaban J connectivity index is 1.92. The molecule has 0 spiro atoms. The number of nitrogens with zero attached hydrogens (tertiary/aromatic N) is 1.